The van der Waals surface area contributed by atoms with Crippen LogP contribution in [0.3, 0.4) is 0 Å². The van der Waals surface area contributed by atoms with Gasteiger partial charge in [-0.15, -0.1) is 0 Å². The van der Waals surface area contributed by atoms with Crippen LogP contribution in [-0.2, 0) is 4.74 Å². The molecule has 2 N–H and O–H groups in total. The van der Waals surface area contributed by atoms with E-state index in [4.69, 9.17) is 4.74 Å². The van der Waals surface area contributed by atoms with Gasteiger partial charge in [0.25, 0.3) is 0 Å². The van der Waals surface area contributed by atoms with Gasteiger partial charge in [-0.1, -0.05) is 0 Å². The van der Waals surface area contributed by atoms with Crippen LogP contribution in [0, 0.1) is 11.6 Å². The van der Waals surface area contributed by atoms with Gasteiger partial charge in [-0.3, -0.25) is 5.32 Å². The molecule has 98 valence electrons. The van der Waals surface area contributed by atoms with E-state index in [-0.39, 0.29) is 11.8 Å². The Labute approximate surface area is 103 Å². The van der Waals surface area contributed by atoms with E-state index >= 15 is 0 Å². The molecule has 0 atom stereocenters. The molecule has 0 unspecified atom stereocenters. The van der Waals surface area contributed by atoms with Gasteiger partial charge in [0.05, 0.1) is 5.69 Å². The minimum Gasteiger partial charge on any atom is -0.446 e. The molecule has 1 aromatic carbocycles. The quantitative estimate of drug-likeness (QED) is 0.853. The van der Waals surface area contributed by atoms with Crippen molar-refractivity contribution in [1.82, 2.24) is 5.32 Å². The van der Waals surface area contributed by atoms with Gasteiger partial charge in [0.1, 0.15) is 17.7 Å². The average molecular weight is 256 g/mol. The van der Waals surface area contributed by atoms with E-state index in [1.165, 1.54) is 0 Å². The Morgan fingerprint density at radius 2 is 2.06 bits per heavy atom. The minimum atomic E-state index is -0.822. The Balaban J connectivity index is 1.90. The maximum Gasteiger partial charge on any atom is 0.411 e. The van der Waals surface area contributed by atoms with E-state index < -0.39 is 17.7 Å². The molecule has 0 spiro atoms. The van der Waals surface area contributed by atoms with Crippen molar-refractivity contribution in [3.8, 4) is 0 Å². The van der Waals surface area contributed by atoms with Crippen LogP contribution >= 0.6 is 0 Å². The third-order valence-electron chi connectivity index (χ3n) is 2.73. The zero-order chi connectivity index (χ0) is 13.0. The summed E-state index contributed by atoms with van der Waals surface area (Å²) in [4.78, 5) is 11.5. The molecule has 0 saturated carbocycles. The maximum absolute atomic E-state index is 13.3. The second-order valence-corrected chi connectivity index (χ2v) is 4.10. The lowest BCUT2D eigenvalue weighted by Gasteiger charge is -2.22. The largest absolute Gasteiger partial charge is 0.446 e. The highest BCUT2D eigenvalue weighted by atomic mass is 19.1. The van der Waals surface area contributed by atoms with E-state index in [0.29, 0.717) is 6.07 Å². The zero-order valence-electron chi connectivity index (χ0n) is 9.71. The summed E-state index contributed by atoms with van der Waals surface area (Å²) in [6.45, 7) is 1.59. The monoisotopic (exact) mass is 256 g/mol. The lowest BCUT2D eigenvalue weighted by molar-refractivity contribution is 0.0908. The Hall–Kier alpha value is -1.69. The highest BCUT2D eigenvalue weighted by molar-refractivity contribution is 5.84. The first-order chi connectivity index (χ1) is 8.65. The summed E-state index contributed by atoms with van der Waals surface area (Å²) in [5, 5.41) is 5.40. The van der Waals surface area contributed by atoms with Crippen LogP contribution in [0.1, 0.15) is 12.8 Å². The Morgan fingerprint density at radius 3 is 2.72 bits per heavy atom. The SMILES string of the molecule is O=C(Nc1ccc(F)cc1F)OC1CCNCC1. The molecule has 18 heavy (non-hydrogen) atoms. The van der Waals surface area contributed by atoms with E-state index in [1.54, 1.807) is 0 Å². The second-order valence-electron chi connectivity index (χ2n) is 4.10. The number of ether oxygens (including phenoxy) is 1. The number of hydrogen-bond acceptors (Lipinski definition) is 3. The number of nitrogens with one attached hydrogen (secondary N) is 2. The molecule has 1 saturated heterocycles. The number of carbonyl (C=O) groups excluding carboxylic acids is 1. The fourth-order valence-corrected chi connectivity index (χ4v) is 1.79. The molecule has 1 aromatic rings. The van der Waals surface area contributed by atoms with Crippen LogP contribution in [0.5, 0.6) is 0 Å². The summed E-state index contributed by atoms with van der Waals surface area (Å²) in [5.41, 5.74) is -0.0877. The number of hydrogen-bond donors (Lipinski definition) is 2. The summed E-state index contributed by atoms with van der Waals surface area (Å²) in [6, 6.07) is 2.94. The number of halogens is 2. The van der Waals surface area contributed by atoms with Gasteiger partial charge in [-0.25, -0.2) is 13.6 Å². The van der Waals surface area contributed by atoms with E-state index in [0.717, 1.165) is 38.1 Å². The van der Waals surface area contributed by atoms with Crippen LogP contribution < -0.4 is 10.6 Å². The molecule has 6 heteroatoms. The number of benzene rings is 1. The number of carbonyl (C=O) groups is 1. The van der Waals surface area contributed by atoms with Gasteiger partial charge >= 0.3 is 6.09 Å². The molecular formula is C12H14F2N2O2. The molecule has 1 amide bonds. The lowest BCUT2D eigenvalue weighted by Crippen LogP contribution is -2.34. The predicted molar refractivity (Wildman–Crippen MR) is 62.4 cm³/mol. The molecule has 1 heterocycles. The highest BCUT2D eigenvalue weighted by Crippen LogP contribution is 2.16. The van der Waals surface area contributed by atoms with Gasteiger partial charge in [-0.2, -0.15) is 0 Å². The van der Waals surface area contributed by atoms with Crippen molar-refractivity contribution in [3.05, 3.63) is 29.8 Å². The molecule has 0 bridgehead atoms. The van der Waals surface area contributed by atoms with Crippen LogP contribution in [-0.4, -0.2) is 25.3 Å². The first kappa shape index (κ1) is 12.8. The summed E-state index contributed by atoms with van der Waals surface area (Å²) >= 11 is 0. The molecule has 1 fully saturated rings. The standard InChI is InChI=1S/C12H14F2N2O2/c13-8-1-2-11(10(14)7-8)16-12(17)18-9-3-5-15-6-4-9/h1-2,7,9,15H,3-6H2,(H,16,17). The molecule has 1 aliphatic heterocycles. The van der Waals surface area contributed by atoms with Gasteiger partial charge in [0, 0.05) is 6.07 Å². The van der Waals surface area contributed by atoms with Crippen molar-refractivity contribution < 1.29 is 18.3 Å². The third kappa shape index (κ3) is 3.40. The fraction of sp³-hybridized carbons (Fsp3) is 0.417. The number of piperidine rings is 1. The molecular weight excluding hydrogens is 242 g/mol. The van der Waals surface area contributed by atoms with Crippen LogP contribution in [0.15, 0.2) is 18.2 Å². The van der Waals surface area contributed by atoms with E-state index in [9.17, 15) is 13.6 Å². The number of anilines is 1. The first-order valence-electron chi connectivity index (χ1n) is 5.78. The van der Waals surface area contributed by atoms with Crippen molar-refractivity contribution in [2.24, 2.45) is 0 Å². The van der Waals surface area contributed by atoms with Crippen LogP contribution in [0.25, 0.3) is 0 Å². The second kappa shape index (κ2) is 5.77. The topological polar surface area (TPSA) is 50.4 Å². The van der Waals surface area contributed by atoms with E-state index in [2.05, 4.69) is 10.6 Å². The maximum atomic E-state index is 13.3. The fourth-order valence-electron chi connectivity index (χ4n) is 1.79. The summed E-state index contributed by atoms with van der Waals surface area (Å²) in [7, 11) is 0. The van der Waals surface area contributed by atoms with Crippen molar-refractivity contribution in [3.63, 3.8) is 0 Å². The Morgan fingerprint density at radius 1 is 1.33 bits per heavy atom. The predicted octanol–water partition coefficient (Wildman–Crippen LogP) is 2.27. The van der Waals surface area contributed by atoms with Gasteiger partial charge in [0.2, 0.25) is 0 Å². The molecule has 2 rings (SSSR count). The third-order valence-corrected chi connectivity index (χ3v) is 2.73. The molecule has 0 aliphatic carbocycles. The smallest absolute Gasteiger partial charge is 0.411 e. The molecule has 1 aliphatic rings. The Bertz CT molecular complexity index is 434. The average Bonchev–Trinajstić information content (AvgIpc) is 2.34. The van der Waals surface area contributed by atoms with Gasteiger partial charge in [-0.05, 0) is 38.1 Å². The molecule has 4 nitrogen and oxygen atoms in total. The van der Waals surface area contributed by atoms with Crippen molar-refractivity contribution in [2.45, 2.75) is 18.9 Å². The zero-order valence-corrected chi connectivity index (χ0v) is 9.71. The minimum absolute atomic E-state index is 0.0877. The van der Waals surface area contributed by atoms with Crippen LogP contribution in [0.2, 0.25) is 0 Å². The van der Waals surface area contributed by atoms with Gasteiger partial charge < -0.3 is 10.1 Å². The molecule has 0 radical (unpaired) electrons. The van der Waals surface area contributed by atoms with E-state index in [1.807, 2.05) is 0 Å². The van der Waals surface area contributed by atoms with Gasteiger partial charge in [0.15, 0.2) is 0 Å². The molecule has 0 aromatic heterocycles. The summed E-state index contributed by atoms with van der Waals surface area (Å²) in [5.74, 6) is -1.51. The summed E-state index contributed by atoms with van der Waals surface area (Å²) in [6.07, 6.45) is 0.598. The highest BCUT2D eigenvalue weighted by Gasteiger charge is 2.18. The number of amides is 1. The van der Waals surface area contributed by atoms with Crippen LogP contribution in [0.4, 0.5) is 19.3 Å². The Kier molecular flexibility index (Phi) is 4.09. The van der Waals surface area contributed by atoms with Crippen molar-refractivity contribution in [2.75, 3.05) is 18.4 Å². The van der Waals surface area contributed by atoms with Crippen molar-refractivity contribution in [1.29, 1.82) is 0 Å². The number of rotatable bonds is 2. The summed E-state index contributed by atoms with van der Waals surface area (Å²) < 4.78 is 31.1. The lowest BCUT2D eigenvalue weighted by atomic mass is 10.1. The normalized spacial score (nSPS) is 16.3. The first-order valence-corrected chi connectivity index (χ1v) is 5.78. The van der Waals surface area contributed by atoms with Crippen molar-refractivity contribution >= 4 is 11.8 Å².